The van der Waals surface area contributed by atoms with Crippen molar-refractivity contribution in [3.63, 3.8) is 0 Å². The fraction of sp³-hybridized carbons (Fsp3) is 0.531. The van der Waals surface area contributed by atoms with Crippen molar-refractivity contribution in [2.75, 3.05) is 13.2 Å². The van der Waals surface area contributed by atoms with Crippen molar-refractivity contribution in [3.8, 4) is 5.75 Å². The van der Waals surface area contributed by atoms with Crippen LogP contribution in [0.15, 0.2) is 53.3 Å². The Kier molecular flexibility index (Phi) is 10.5. The van der Waals surface area contributed by atoms with Gasteiger partial charge in [-0.1, -0.05) is 63.2 Å². The molecule has 4 rings (SSSR count). The van der Waals surface area contributed by atoms with E-state index < -0.39 is 19.9 Å². The Balaban J connectivity index is 1.51. The highest BCUT2D eigenvalue weighted by Gasteiger charge is 2.46. The number of ether oxygens (including phenoxy) is 2. The van der Waals surface area contributed by atoms with Crippen molar-refractivity contribution in [1.29, 1.82) is 0 Å². The lowest BCUT2D eigenvalue weighted by Gasteiger charge is -2.24. The lowest BCUT2D eigenvalue weighted by molar-refractivity contribution is -0.150. The summed E-state index contributed by atoms with van der Waals surface area (Å²) in [4.78, 5) is 40.4. The highest BCUT2D eigenvalue weighted by molar-refractivity contribution is 6.76. The van der Waals surface area contributed by atoms with Gasteiger partial charge in [0.15, 0.2) is 5.78 Å². The summed E-state index contributed by atoms with van der Waals surface area (Å²) >= 11 is 0. The molecule has 1 saturated carbocycles. The molecular formula is C32H43N3O5Si. The Morgan fingerprint density at radius 2 is 1.73 bits per heavy atom. The maximum atomic E-state index is 13.7. The number of carbonyl (C=O) groups excluding carboxylic acids is 2. The van der Waals surface area contributed by atoms with Crippen molar-refractivity contribution in [2.24, 2.45) is 17.8 Å². The van der Waals surface area contributed by atoms with Gasteiger partial charge in [-0.05, 0) is 67.6 Å². The van der Waals surface area contributed by atoms with Gasteiger partial charge in [-0.15, -0.1) is 5.10 Å². The molecule has 220 valence electrons. The monoisotopic (exact) mass is 577 g/mol. The first-order valence-electron chi connectivity index (χ1n) is 14.9. The summed E-state index contributed by atoms with van der Waals surface area (Å²) in [5.74, 6) is -1.15. The molecule has 1 aliphatic rings. The number of unbranched alkanes of at least 4 members (excludes halogenated alkanes) is 3. The summed E-state index contributed by atoms with van der Waals surface area (Å²) in [7, 11) is -1.41. The second-order valence-corrected chi connectivity index (χ2v) is 18.0. The van der Waals surface area contributed by atoms with Gasteiger partial charge in [0, 0.05) is 19.6 Å². The number of fused-ring (bicyclic) bond motifs is 1. The topological polar surface area (TPSA) is 100 Å². The van der Waals surface area contributed by atoms with Gasteiger partial charge < -0.3 is 9.47 Å². The Bertz CT molecular complexity index is 1380. The second-order valence-electron chi connectivity index (χ2n) is 12.3. The predicted molar refractivity (Wildman–Crippen MR) is 163 cm³/mol. The van der Waals surface area contributed by atoms with Crippen molar-refractivity contribution >= 4 is 30.7 Å². The highest BCUT2D eigenvalue weighted by atomic mass is 28.3. The number of aromatic nitrogens is 3. The fourth-order valence-corrected chi connectivity index (χ4v) is 6.22. The molecule has 0 spiro atoms. The molecule has 0 saturated heterocycles. The van der Waals surface area contributed by atoms with Crippen LogP contribution in [0.5, 0.6) is 5.75 Å². The first kappa shape index (κ1) is 30.6. The van der Waals surface area contributed by atoms with Crippen LogP contribution in [-0.2, 0) is 16.1 Å². The summed E-state index contributed by atoms with van der Waals surface area (Å²) < 4.78 is 12.9. The van der Waals surface area contributed by atoms with E-state index in [0.29, 0.717) is 42.5 Å². The van der Waals surface area contributed by atoms with Crippen LogP contribution in [0.1, 0.15) is 55.8 Å². The van der Waals surface area contributed by atoms with Gasteiger partial charge in [-0.25, -0.2) is 4.68 Å². The Morgan fingerprint density at radius 1 is 0.976 bits per heavy atom. The van der Waals surface area contributed by atoms with E-state index in [1.54, 1.807) is 30.3 Å². The van der Waals surface area contributed by atoms with E-state index in [0.717, 1.165) is 24.6 Å². The molecule has 0 aliphatic heterocycles. The fourth-order valence-electron chi connectivity index (χ4n) is 5.50. The number of hydrogen-bond acceptors (Lipinski definition) is 7. The summed E-state index contributed by atoms with van der Waals surface area (Å²) in [6, 6.07) is 15.1. The lowest BCUT2D eigenvalue weighted by Crippen LogP contribution is -2.36. The summed E-state index contributed by atoms with van der Waals surface area (Å²) in [5.41, 5.74) is 0.835. The minimum absolute atomic E-state index is 0.0777. The van der Waals surface area contributed by atoms with Crippen molar-refractivity contribution in [2.45, 2.75) is 77.7 Å². The maximum Gasteiger partial charge on any atom is 0.310 e. The third-order valence-corrected chi connectivity index (χ3v) is 9.64. The lowest BCUT2D eigenvalue weighted by atomic mass is 9.84. The average Bonchev–Trinajstić information content (AvgIpc) is 3.37. The largest absolute Gasteiger partial charge is 0.494 e. The molecule has 0 radical (unpaired) electrons. The van der Waals surface area contributed by atoms with Gasteiger partial charge in [-0.2, -0.15) is 0 Å². The molecule has 1 aliphatic carbocycles. The molecule has 1 heterocycles. The molecule has 1 aromatic heterocycles. The van der Waals surface area contributed by atoms with Crippen LogP contribution in [0, 0.1) is 17.8 Å². The van der Waals surface area contributed by atoms with Crippen molar-refractivity contribution in [1.82, 2.24) is 15.0 Å². The molecule has 8 nitrogen and oxygen atoms in total. The molecule has 0 amide bonds. The molecule has 1 fully saturated rings. The first-order chi connectivity index (χ1) is 19.7. The number of esters is 1. The molecule has 0 bridgehead atoms. The minimum atomic E-state index is -1.41. The van der Waals surface area contributed by atoms with E-state index in [1.807, 2.05) is 18.2 Å². The highest BCUT2D eigenvalue weighted by Crippen LogP contribution is 2.41. The second kappa shape index (κ2) is 14.0. The number of benzene rings is 2. The van der Waals surface area contributed by atoms with Crippen molar-refractivity contribution < 1.29 is 19.1 Å². The smallest absolute Gasteiger partial charge is 0.310 e. The third kappa shape index (κ3) is 8.12. The number of rotatable bonds is 14. The van der Waals surface area contributed by atoms with Gasteiger partial charge >= 0.3 is 5.97 Å². The van der Waals surface area contributed by atoms with Gasteiger partial charge in [0.25, 0.3) is 5.56 Å². The zero-order valence-corrected chi connectivity index (χ0v) is 25.8. The number of ketones is 1. The van der Waals surface area contributed by atoms with Crippen LogP contribution in [0.4, 0.5) is 0 Å². The van der Waals surface area contributed by atoms with Gasteiger partial charge in [-0.3, -0.25) is 14.4 Å². The van der Waals surface area contributed by atoms with Crippen molar-refractivity contribution in [3.05, 3.63) is 64.4 Å². The van der Waals surface area contributed by atoms with Crippen LogP contribution in [0.3, 0.4) is 0 Å². The van der Waals surface area contributed by atoms with Gasteiger partial charge in [0.1, 0.15) is 11.3 Å². The maximum absolute atomic E-state index is 13.7. The Morgan fingerprint density at radius 3 is 2.46 bits per heavy atom. The van der Waals surface area contributed by atoms with E-state index in [-0.39, 0.29) is 29.8 Å². The molecule has 0 N–H and O–H groups in total. The number of Topliss-reactive ketones (excluding diaryl/α,β-unsaturated/α-hetero) is 1. The summed E-state index contributed by atoms with van der Waals surface area (Å²) in [5, 5.41) is 8.83. The minimum Gasteiger partial charge on any atom is -0.494 e. The predicted octanol–water partition coefficient (Wildman–Crippen LogP) is 6.16. The normalized spacial score (nSPS) is 18.9. The van der Waals surface area contributed by atoms with Crippen LogP contribution in [0.25, 0.3) is 10.9 Å². The number of carbonyl (C=O) groups is 2. The van der Waals surface area contributed by atoms with Crippen LogP contribution < -0.4 is 10.3 Å². The molecule has 3 unspecified atom stereocenters. The summed E-state index contributed by atoms with van der Waals surface area (Å²) in [6.45, 7) is 10.1. The van der Waals surface area contributed by atoms with E-state index in [4.69, 9.17) is 9.47 Å². The SMILES string of the molecule is CCCCCCOc1ccc(C(=O)C2CCC(Cn3nnc4ccccc4c3=O)C2C(=O)OCC[Si](C)(C)C)cc1. The Labute approximate surface area is 243 Å². The van der Waals surface area contributed by atoms with Gasteiger partial charge in [0.2, 0.25) is 0 Å². The molecular weight excluding hydrogens is 534 g/mol. The van der Waals surface area contributed by atoms with Crippen LogP contribution in [0.2, 0.25) is 25.7 Å². The number of nitrogens with zero attached hydrogens (tertiary/aromatic N) is 3. The van der Waals surface area contributed by atoms with E-state index in [1.165, 1.54) is 17.5 Å². The van der Waals surface area contributed by atoms with Crippen LogP contribution in [-0.4, -0.2) is 48.0 Å². The summed E-state index contributed by atoms with van der Waals surface area (Å²) in [6.07, 6.45) is 5.68. The number of hydrogen-bond donors (Lipinski definition) is 0. The van der Waals surface area contributed by atoms with E-state index >= 15 is 0 Å². The van der Waals surface area contributed by atoms with E-state index in [2.05, 4.69) is 36.9 Å². The zero-order valence-electron chi connectivity index (χ0n) is 24.8. The molecule has 3 aromatic rings. The van der Waals surface area contributed by atoms with Gasteiger partial charge in [0.05, 0.1) is 31.1 Å². The zero-order chi connectivity index (χ0) is 29.4. The molecule has 41 heavy (non-hydrogen) atoms. The quantitative estimate of drug-likeness (QED) is 0.0979. The van der Waals surface area contributed by atoms with E-state index in [9.17, 15) is 14.4 Å². The molecule has 9 heteroatoms. The average molecular weight is 578 g/mol. The molecule has 3 atom stereocenters. The molecule has 2 aromatic carbocycles. The third-order valence-electron chi connectivity index (χ3n) is 7.94. The van der Waals surface area contributed by atoms with Crippen LogP contribution >= 0.6 is 0 Å². The standard InChI is InChI=1S/C32H43N3O5Si/c1-5-6-7-10-19-39-25-16-13-23(14-17-25)30(36)27-18-15-24(29(27)32(38)40-20-21-41(2,3)4)22-35-31(37)26-11-8-9-12-28(26)33-34-35/h8-9,11-14,16-17,24,27,29H,5-7,10,15,18-22H2,1-4H3. The Hall–Kier alpha value is -3.33. The first-order valence-corrected chi connectivity index (χ1v) is 18.6.